The van der Waals surface area contributed by atoms with Crippen molar-refractivity contribution in [1.82, 2.24) is 15.1 Å². The molecule has 1 unspecified atom stereocenters. The fraction of sp³-hybridized carbons (Fsp3) is 0.524. The van der Waals surface area contributed by atoms with Crippen molar-refractivity contribution in [2.24, 2.45) is 11.8 Å². The van der Waals surface area contributed by atoms with E-state index in [2.05, 4.69) is 20.4 Å². The number of nitrogens with one attached hydrogen (secondary N) is 1. The van der Waals surface area contributed by atoms with Crippen molar-refractivity contribution >= 4 is 5.82 Å². The number of nitrogens with zero attached hydrogens (tertiary/aromatic N) is 3. The summed E-state index contributed by atoms with van der Waals surface area (Å²) in [6, 6.07) is 4.95. The topological polar surface area (TPSA) is 50.3 Å². The van der Waals surface area contributed by atoms with Gasteiger partial charge in [-0.2, -0.15) is 0 Å². The predicted molar refractivity (Wildman–Crippen MR) is 104 cm³/mol. The van der Waals surface area contributed by atoms with Gasteiger partial charge >= 0.3 is 0 Å². The highest BCUT2D eigenvalue weighted by atomic mass is 19.2. The molecule has 0 spiro atoms. The summed E-state index contributed by atoms with van der Waals surface area (Å²) < 4.78 is 46.2. The highest BCUT2D eigenvalue weighted by Crippen LogP contribution is 2.39. The zero-order valence-corrected chi connectivity index (χ0v) is 16.4. The second-order valence-corrected chi connectivity index (χ2v) is 7.84. The van der Waals surface area contributed by atoms with E-state index in [4.69, 9.17) is 4.74 Å². The van der Waals surface area contributed by atoms with Crippen LogP contribution in [-0.4, -0.2) is 54.0 Å². The first kappa shape index (κ1) is 20.1. The number of rotatable bonds is 7. The summed E-state index contributed by atoms with van der Waals surface area (Å²) in [5.41, 5.74) is -0.135. The van der Waals surface area contributed by atoms with Gasteiger partial charge < -0.3 is 15.0 Å². The first-order valence-corrected chi connectivity index (χ1v) is 10.1. The zero-order chi connectivity index (χ0) is 20.4. The lowest BCUT2D eigenvalue weighted by Crippen LogP contribution is -2.28. The molecule has 0 radical (unpaired) electrons. The largest absolute Gasteiger partial charge is 0.380 e. The van der Waals surface area contributed by atoms with Crippen LogP contribution in [0.15, 0.2) is 24.3 Å². The van der Waals surface area contributed by atoms with Crippen LogP contribution in [0.25, 0.3) is 11.3 Å². The second kappa shape index (κ2) is 8.67. The quantitative estimate of drug-likeness (QED) is 0.561. The Hall–Kier alpha value is -2.19. The van der Waals surface area contributed by atoms with Crippen LogP contribution < -0.4 is 5.32 Å². The Morgan fingerprint density at radius 2 is 1.86 bits per heavy atom. The van der Waals surface area contributed by atoms with Crippen LogP contribution in [-0.2, 0) is 4.74 Å². The van der Waals surface area contributed by atoms with Gasteiger partial charge in [-0.3, -0.25) is 0 Å². The number of aromatic nitrogens is 2. The molecule has 5 nitrogen and oxygen atoms in total. The van der Waals surface area contributed by atoms with Gasteiger partial charge in [0.2, 0.25) is 0 Å². The molecule has 2 fully saturated rings. The molecule has 1 saturated carbocycles. The Morgan fingerprint density at radius 3 is 2.52 bits per heavy atom. The Labute approximate surface area is 168 Å². The first-order chi connectivity index (χ1) is 14.0. The maximum atomic E-state index is 13.9. The van der Waals surface area contributed by atoms with E-state index in [1.165, 1.54) is 6.07 Å². The summed E-state index contributed by atoms with van der Waals surface area (Å²) in [6.07, 6.45) is 2.14. The molecule has 0 amide bonds. The van der Waals surface area contributed by atoms with Crippen LogP contribution in [0, 0.1) is 29.3 Å². The molecule has 8 heteroatoms. The fourth-order valence-electron chi connectivity index (χ4n) is 4.54. The molecule has 1 aromatic carbocycles. The summed E-state index contributed by atoms with van der Waals surface area (Å²) in [5, 5.41) is 11.4. The van der Waals surface area contributed by atoms with Crippen LogP contribution in [0.1, 0.15) is 19.8 Å². The van der Waals surface area contributed by atoms with E-state index in [1.807, 2.05) is 6.92 Å². The molecule has 1 N–H and O–H groups in total. The molecule has 1 saturated heterocycles. The Kier molecular flexibility index (Phi) is 6.01. The van der Waals surface area contributed by atoms with E-state index in [9.17, 15) is 13.2 Å². The molecular weight excluding hydrogens is 381 g/mol. The van der Waals surface area contributed by atoms with E-state index in [0.717, 1.165) is 51.8 Å². The maximum absolute atomic E-state index is 13.9. The molecule has 3 atom stereocenters. The first-order valence-electron chi connectivity index (χ1n) is 10.1. The van der Waals surface area contributed by atoms with Gasteiger partial charge in [0.25, 0.3) is 0 Å². The monoisotopic (exact) mass is 406 g/mol. The number of anilines is 1. The smallest absolute Gasteiger partial charge is 0.168 e. The lowest BCUT2D eigenvalue weighted by Gasteiger charge is -2.19. The van der Waals surface area contributed by atoms with Crippen LogP contribution in [0.2, 0.25) is 0 Å². The summed E-state index contributed by atoms with van der Waals surface area (Å²) in [5.74, 6) is -1.29. The van der Waals surface area contributed by atoms with Crippen molar-refractivity contribution in [3.63, 3.8) is 0 Å². The van der Waals surface area contributed by atoms with Crippen molar-refractivity contribution in [2.45, 2.75) is 25.8 Å². The fourth-order valence-corrected chi connectivity index (χ4v) is 4.54. The third-order valence-electron chi connectivity index (χ3n) is 5.87. The van der Waals surface area contributed by atoms with Crippen LogP contribution in [0.3, 0.4) is 0 Å². The van der Waals surface area contributed by atoms with Gasteiger partial charge in [-0.05, 0) is 49.8 Å². The molecule has 2 aromatic rings. The molecule has 2 aliphatic rings. The van der Waals surface area contributed by atoms with E-state index in [1.54, 1.807) is 6.07 Å². The summed E-state index contributed by atoms with van der Waals surface area (Å²) in [4.78, 5) is 2.47. The van der Waals surface area contributed by atoms with Crippen LogP contribution >= 0.6 is 0 Å². The number of ether oxygens (including phenoxy) is 1. The van der Waals surface area contributed by atoms with Crippen molar-refractivity contribution in [3.8, 4) is 11.3 Å². The molecule has 1 aliphatic heterocycles. The average molecular weight is 406 g/mol. The highest BCUT2D eigenvalue weighted by Gasteiger charge is 2.40. The van der Waals surface area contributed by atoms with Crippen molar-refractivity contribution in [3.05, 3.63) is 41.7 Å². The standard InChI is InChI=1S/C21H25F3N4O/c1-2-29-6-5-28-11-13-7-16(8-14(13)12-28)25-20-4-3-19(26-27-20)17-9-15(22)10-18(23)21(17)24/h3-4,9-10,13-14,16H,2,5-8,11-12H2,1H3,(H,25,27)/t13-,14+,16?. The average Bonchev–Trinajstić information content (AvgIpc) is 3.23. The minimum Gasteiger partial charge on any atom is -0.380 e. The highest BCUT2D eigenvalue weighted by molar-refractivity contribution is 5.60. The number of likely N-dealkylation sites (tertiary alicyclic amines) is 1. The van der Waals surface area contributed by atoms with Gasteiger partial charge in [-0.25, -0.2) is 13.2 Å². The van der Waals surface area contributed by atoms with Gasteiger partial charge in [0.05, 0.1) is 12.3 Å². The minimum atomic E-state index is -1.24. The van der Waals surface area contributed by atoms with Gasteiger partial charge in [0.1, 0.15) is 11.6 Å². The molecular formula is C21H25F3N4O. The van der Waals surface area contributed by atoms with Crippen LogP contribution in [0.4, 0.5) is 19.0 Å². The van der Waals surface area contributed by atoms with Crippen LogP contribution in [0.5, 0.6) is 0 Å². The van der Waals surface area contributed by atoms with Crippen molar-refractivity contribution in [2.75, 3.05) is 38.2 Å². The SMILES string of the molecule is CCOCCN1C[C@H]2CC(Nc3ccc(-c4cc(F)cc(F)c4F)nn3)C[C@H]2C1. The van der Waals surface area contributed by atoms with E-state index < -0.39 is 17.5 Å². The molecule has 1 aromatic heterocycles. The third kappa shape index (κ3) is 4.53. The number of benzene rings is 1. The minimum absolute atomic E-state index is 0.0969. The predicted octanol–water partition coefficient (Wildman–Crippen LogP) is 3.72. The van der Waals surface area contributed by atoms with Gasteiger partial charge in [-0.15, -0.1) is 10.2 Å². The Morgan fingerprint density at radius 1 is 1.10 bits per heavy atom. The number of fused-ring (bicyclic) bond motifs is 1. The zero-order valence-electron chi connectivity index (χ0n) is 16.4. The van der Waals surface area contributed by atoms with Gasteiger partial charge in [0.15, 0.2) is 11.6 Å². The molecule has 0 bridgehead atoms. The van der Waals surface area contributed by atoms with Gasteiger partial charge in [-0.1, -0.05) is 0 Å². The van der Waals surface area contributed by atoms with Crippen molar-refractivity contribution in [1.29, 1.82) is 0 Å². The molecule has 4 rings (SSSR count). The maximum Gasteiger partial charge on any atom is 0.168 e. The second-order valence-electron chi connectivity index (χ2n) is 7.84. The Balaban J connectivity index is 1.33. The lowest BCUT2D eigenvalue weighted by atomic mass is 10.0. The number of hydrogen-bond acceptors (Lipinski definition) is 5. The summed E-state index contributed by atoms with van der Waals surface area (Å²) >= 11 is 0. The molecule has 2 heterocycles. The van der Waals surface area contributed by atoms with E-state index >= 15 is 0 Å². The lowest BCUT2D eigenvalue weighted by molar-refractivity contribution is 0.119. The number of hydrogen-bond donors (Lipinski definition) is 1. The van der Waals surface area contributed by atoms with Crippen molar-refractivity contribution < 1.29 is 17.9 Å². The molecule has 29 heavy (non-hydrogen) atoms. The third-order valence-corrected chi connectivity index (χ3v) is 5.87. The molecule has 1 aliphatic carbocycles. The normalized spacial score (nSPS) is 24.1. The van der Waals surface area contributed by atoms with E-state index in [-0.39, 0.29) is 11.3 Å². The van der Waals surface area contributed by atoms with Gasteiger partial charge in [0, 0.05) is 43.9 Å². The molecule has 156 valence electrons. The Bertz CT molecular complexity index is 835. The summed E-state index contributed by atoms with van der Waals surface area (Å²) in [6.45, 7) is 6.75. The number of halogens is 3. The summed E-state index contributed by atoms with van der Waals surface area (Å²) in [7, 11) is 0. The van der Waals surface area contributed by atoms with E-state index in [0.29, 0.717) is 29.8 Å².